The maximum Gasteiger partial charge on any atom is 0.302 e. The van der Waals surface area contributed by atoms with Gasteiger partial charge in [0.1, 0.15) is 6.10 Å². The third-order valence-electron chi connectivity index (χ3n) is 14.0. The number of rotatable bonds is 3. The molecule has 6 aliphatic rings. The van der Waals surface area contributed by atoms with Crippen molar-refractivity contribution in [2.45, 2.75) is 149 Å². The van der Waals surface area contributed by atoms with Crippen molar-refractivity contribution in [2.75, 3.05) is 0 Å². The number of aliphatic hydroxyl groups excluding tert-OH is 2. The molecule has 0 aromatic carbocycles. The molecule has 0 bridgehead atoms. The molecule has 0 aromatic rings. The number of ether oxygens (including phenoxy) is 2. The van der Waals surface area contributed by atoms with Crippen LogP contribution in [0.25, 0.3) is 0 Å². The van der Waals surface area contributed by atoms with Crippen LogP contribution in [-0.2, 0) is 14.3 Å². The number of carbonyl (C=O) groups is 1. The summed E-state index contributed by atoms with van der Waals surface area (Å²) in [5.41, 5.74) is -1.54. The summed E-state index contributed by atoms with van der Waals surface area (Å²) < 4.78 is 12.5. The van der Waals surface area contributed by atoms with Gasteiger partial charge in [-0.15, -0.1) is 0 Å². The van der Waals surface area contributed by atoms with E-state index in [-0.39, 0.29) is 57.1 Å². The van der Waals surface area contributed by atoms with E-state index < -0.39 is 23.4 Å². The van der Waals surface area contributed by atoms with Crippen molar-refractivity contribution in [3.63, 3.8) is 0 Å². The molecule has 216 valence electrons. The van der Waals surface area contributed by atoms with E-state index in [0.717, 1.165) is 57.8 Å². The molecule has 5 saturated carbocycles. The maximum absolute atomic E-state index is 11.9. The van der Waals surface area contributed by atoms with E-state index in [1.165, 1.54) is 6.92 Å². The van der Waals surface area contributed by atoms with Gasteiger partial charge in [-0.1, -0.05) is 27.7 Å². The number of carbonyl (C=O) groups excluding carboxylic acids is 1. The Bertz CT molecular complexity index is 1020. The second kappa shape index (κ2) is 7.77. The largest absolute Gasteiger partial charge is 0.462 e. The van der Waals surface area contributed by atoms with Crippen LogP contribution in [0.4, 0.5) is 0 Å². The van der Waals surface area contributed by atoms with E-state index >= 15 is 0 Å². The molecule has 38 heavy (non-hydrogen) atoms. The molecule has 5 aliphatic carbocycles. The van der Waals surface area contributed by atoms with Crippen LogP contribution in [-0.4, -0.2) is 56.9 Å². The van der Waals surface area contributed by atoms with Crippen molar-refractivity contribution in [3.8, 4) is 0 Å². The van der Waals surface area contributed by atoms with E-state index in [4.69, 9.17) is 9.47 Å². The van der Waals surface area contributed by atoms with Gasteiger partial charge < -0.3 is 24.8 Å². The summed E-state index contributed by atoms with van der Waals surface area (Å²) >= 11 is 0. The Balaban J connectivity index is 1.34. The molecule has 12 atom stereocenters. The van der Waals surface area contributed by atoms with Gasteiger partial charge in [0.25, 0.3) is 0 Å². The first-order valence-electron chi connectivity index (χ1n) is 15.3. The van der Waals surface area contributed by atoms with Crippen molar-refractivity contribution >= 4 is 5.97 Å². The molecule has 1 saturated heterocycles. The van der Waals surface area contributed by atoms with Gasteiger partial charge in [0.15, 0.2) is 0 Å². The normalized spacial score (nSPS) is 56.9. The lowest BCUT2D eigenvalue weighted by atomic mass is 9.41. The number of fused-ring (bicyclic) bond motifs is 2. The van der Waals surface area contributed by atoms with Gasteiger partial charge in [-0.2, -0.15) is 0 Å². The van der Waals surface area contributed by atoms with Crippen LogP contribution in [0, 0.1) is 44.8 Å². The number of hydrogen-bond donors (Lipinski definition) is 3. The standard InChI is InChI=1S/C32H52O6/c1-18(33)37-22-10-12-32-17-31(32)14-13-28(6)25(30(8)11-9-23(38-30)27(4,5)36)20(35)16-29(28,7)21(31)15-19(34)24(32)26(22,2)3/h19-25,34-36H,9-17H2,1-8H3/t19-,20-,21?,22-,23?,24-,25?,28+,29-,30+,31?,32?/m0/s1. The van der Waals surface area contributed by atoms with Gasteiger partial charge in [-0.05, 0) is 112 Å². The number of hydrogen-bond acceptors (Lipinski definition) is 6. The van der Waals surface area contributed by atoms with E-state index in [9.17, 15) is 20.1 Å². The quantitative estimate of drug-likeness (QED) is 0.443. The second-order valence-electron chi connectivity index (χ2n) is 16.5. The van der Waals surface area contributed by atoms with Crippen molar-refractivity contribution in [3.05, 3.63) is 0 Å². The zero-order valence-electron chi connectivity index (χ0n) is 25.0. The fourth-order valence-electron chi connectivity index (χ4n) is 12.5. The van der Waals surface area contributed by atoms with E-state index in [2.05, 4.69) is 34.6 Å². The molecule has 5 unspecified atom stereocenters. The summed E-state index contributed by atoms with van der Waals surface area (Å²) in [6.45, 7) is 16.6. The lowest BCUT2D eigenvalue weighted by Gasteiger charge is -2.64. The lowest BCUT2D eigenvalue weighted by molar-refractivity contribution is -0.217. The highest BCUT2D eigenvalue weighted by atomic mass is 16.5. The molecule has 2 spiro atoms. The van der Waals surface area contributed by atoms with Crippen LogP contribution in [0.1, 0.15) is 113 Å². The van der Waals surface area contributed by atoms with Gasteiger partial charge in [0.05, 0.1) is 29.5 Å². The smallest absolute Gasteiger partial charge is 0.302 e. The summed E-state index contributed by atoms with van der Waals surface area (Å²) in [5.74, 6) is 0.262. The summed E-state index contributed by atoms with van der Waals surface area (Å²) in [6.07, 6.45) is 7.16. The van der Waals surface area contributed by atoms with E-state index in [0.29, 0.717) is 5.92 Å². The van der Waals surface area contributed by atoms with Crippen LogP contribution in [0.5, 0.6) is 0 Å². The van der Waals surface area contributed by atoms with Crippen LogP contribution in [0.3, 0.4) is 0 Å². The first kappa shape index (κ1) is 27.5. The Morgan fingerprint density at radius 2 is 1.58 bits per heavy atom. The molecule has 6 fully saturated rings. The monoisotopic (exact) mass is 532 g/mol. The molecule has 0 radical (unpaired) electrons. The highest BCUT2D eigenvalue weighted by molar-refractivity contribution is 5.66. The van der Waals surface area contributed by atoms with E-state index in [1.807, 2.05) is 13.8 Å². The van der Waals surface area contributed by atoms with Gasteiger partial charge in [0.2, 0.25) is 0 Å². The molecule has 6 nitrogen and oxygen atoms in total. The Labute approximate surface area is 229 Å². The molecule has 6 heteroatoms. The minimum atomic E-state index is -0.900. The summed E-state index contributed by atoms with van der Waals surface area (Å²) in [7, 11) is 0. The molecule has 0 aromatic heterocycles. The molecular weight excluding hydrogens is 480 g/mol. The SMILES string of the molecule is CC(=O)O[C@H]1CCC23CC24CC[C@]2(C)C([C@@]5(C)CCC(C(C)(C)O)O5)[C@@H](O)C[C@@]2(C)C4C[C@H](O)[C@H]3C1(C)C. The third-order valence-corrected chi connectivity index (χ3v) is 14.0. The summed E-state index contributed by atoms with van der Waals surface area (Å²) in [4.78, 5) is 11.9. The van der Waals surface area contributed by atoms with Crippen LogP contribution in [0.2, 0.25) is 0 Å². The predicted octanol–water partition coefficient (Wildman–Crippen LogP) is 5.01. The van der Waals surface area contributed by atoms with Gasteiger partial charge in [-0.3, -0.25) is 4.79 Å². The Hall–Kier alpha value is -0.690. The summed E-state index contributed by atoms with van der Waals surface area (Å²) in [6, 6.07) is 0. The first-order valence-corrected chi connectivity index (χ1v) is 15.3. The Morgan fingerprint density at radius 3 is 2.18 bits per heavy atom. The molecule has 0 amide bonds. The average molecular weight is 533 g/mol. The van der Waals surface area contributed by atoms with Crippen molar-refractivity contribution in [1.82, 2.24) is 0 Å². The third kappa shape index (κ3) is 3.18. The molecular formula is C32H52O6. The van der Waals surface area contributed by atoms with E-state index in [1.54, 1.807) is 0 Å². The zero-order valence-corrected chi connectivity index (χ0v) is 25.0. The molecule has 1 heterocycles. The lowest BCUT2D eigenvalue weighted by Crippen LogP contribution is -2.62. The second-order valence-corrected chi connectivity index (χ2v) is 16.5. The van der Waals surface area contributed by atoms with Crippen molar-refractivity contribution in [1.29, 1.82) is 0 Å². The van der Waals surface area contributed by atoms with Gasteiger partial charge in [-0.25, -0.2) is 0 Å². The van der Waals surface area contributed by atoms with Gasteiger partial charge >= 0.3 is 5.97 Å². The Kier molecular flexibility index (Phi) is 5.62. The highest BCUT2D eigenvalue weighted by Gasteiger charge is 2.85. The fraction of sp³-hybridized carbons (Fsp3) is 0.969. The minimum absolute atomic E-state index is 0.00501. The highest BCUT2D eigenvalue weighted by Crippen LogP contribution is 2.89. The van der Waals surface area contributed by atoms with Crippen molar-refractivity contribution in [2.24, 2.45) is 44.8 Å². The van der Waals surface area contributed by atoms with Gasteiger partial charge in [0, 0.05) is 18.3 Å². The van der Waals surface area contributed by atoms with Crippen LogP contribution >= 0.6 is 0 Å². The first-order chi connectivity index (χ1) is 17.4. The topological polar surface area (TPSA) is 96.2 Å². The Morgan fingerprint density at radius 1 is 0.895 bits per heavy atom. The molecule has 3 N–H and O–H groups in total. The average Bonchev–Trinajstić information content (AvgIpc) is 3.12. The summed E-state index contributed by atoms with van der Waals surface area (Å²) in [5, 5.41) is 34.4. The minimum Gasteiger partial charge on any atom is -0.462 e. The van der Waals surface area contributed by atoms with Crippen molar-refractivity contribution < 1.29 is 29.6 Å². The fourth-order valence-corrected chi connectivity index (χ4v) is 12.5. The predicted molar refractivity (Wildman–Crippen MR) is 144 cm³/mol. The number of esters is 1. The zero-order chi connectivity index (χ0) is 27.9. The molecule has 6 rings (SSSR count). The maximum atomic E-state index is 11.9. The van der Waals surface area contributed by atoms with Crippen LogP contribution < -0.4 is 0 Å². The molecule has 1 aliphatic heterocycles. The van der Waals surface area contributed by atoms with Crippen LogP contribution in [0.15, 0.2) is 0 Å². The number of aliphatic hydroxyl groups is 3.